The van der Waals surface area contributed by atoms with Crippen molar-refractivity contribution >= 4 is 39.6 Å². The normalized spacial score (nSPS) is 11.6. The number of halogens is 2. The molecule has 2 rings (SSSR count). The molecule has 5 nitrogen and oxygen atoms in total. The molecule has 24 heavy (non-hydrogen) atoms. The van der Waals surface area contributed by atoms with Crippen LogP contribution in [0, 0.1) is 0 Å². The van der Waals surface area contributed by atoms with E-state index in [1.165, 1.54) is 0 Å². The number of ether oxygens (including phenoxy) is 1. The van der Waals surface area contributed by atoms with Crippen molar-refractivity contribution in [2.75, 3.05) is 0 Å². The van der Waals surface area contributed by atoms with Gasteiger partial charge in [0, 0.05) is 9.50 Å². The summed E-state index contributed by atoms with van der Waals surface area (Å²) < 4.78 is 5.87. The standard InChI is InChI=1S/C17H15BrClNO4/c18-12-6-7-14(19)13(8-12)15(9-16(21)22)20-17(23)24-10-11-4-2-1-3-5-11/h1-8,15H,9-10H2,(H,20,23)(H,21,22)/t15-/m0/s1. The van der Waals surface area contributed by atoms with Gasteiger partial charge in [-0.05, 0) is 29.3 Å². The van der Waals surface area contributed by atoms with Crippen molar-refractivity contribution < 1.29 is 19.4 Å². The number of amides is 1. The van der Waals surface area contributed by atoms with E-state index in [1.807, 2.05) is 30.3 Å². The lowest BCUT2D eigenvalue weighted by Crippen LogP contribution is -2.30. The third kappa shape index (κ3) is 5.54. The number of carboxylic acid groups (broad SMARTS) is 1. The molecule has 1 amide bonds. The minimum Gasteiger partial charge on any atom is -0.481 e. The van der Waals surface area contributed by atoms with Gasteiger partial charge >= 0.3 is 12.1 Å². The second kappa shape index (κ2) is 8.70. The van der Waals surface area contributed by atoms with Crippen LogP contribution in [-0.2, 0) is 16.1 Å². The summed E-state index contributed by atoms with van der Waals surface area (Å²) in [5, 5.41) is 12.0. The largest absolute Gasteiger partial charge is 0.481 e. The van der Waals surface area contributed by atoms with Crippen molar-refractivity contribution in [1.82, 2.24) is 5.32 Å². The van der Waals surface area contributed by atoms with E-state index in [2.05, 4.69) is 21.2 Å². The Hall–Kier alpha value is -2.05. The fourth-order valence-electron chi connectivity index (χ4n) is 2.10. The van der Waals surface area contributed by atoms with E-state index in [-0.39, 0.29) is 13.0 Å². The maximum Gasteiger partial charge on any atom is 0.407 e. The van der Waals surface area contributed by atoms with E-state index in [0.29, 0.717) is 10.6 Å². The molecule has 0 aromatic heterocycles. The smallest absolute Gasteiger partial charge is 0.407 e. The number of carbonyl (C=O) groups excluding carboxylic acids is 1. The molecule has 126 valence electrons. The lowest BCUT2D eigenvalue weighted by Gasteiger charge is -2.19. The highest BCUT2D eigenvalue weighted by molar-refractivity contribution is 9.10. The van der Waals surface area contributed by atoms with Gasteiger partial charge in [0.25, 0.3) is 0 Å². The molecule has 0 fully saturated rings. The van der Waals surface area contributed by atoms with Crippen LogP contribution in [0.2, 0.25) is 5.02 Å². The van der Waals surface area contributed by atoms with E-state index in [1.54, 1.807) is 18.2 Å². The Bertz CT molecular complexity index is 724. The lowest BCUT2D eigenvalue weighted by atomic mass is 10.0. The zero-order chi connectivity index (χ0) is 17.5. The molecular formula is C17H15BrClNO4. The van der Waals surface area contributed by atoms with E-state index in [4.69, 9.17) is 21.4 Å². The summed E-state index contributed by atoms with van der Waals surface area (Å²) in [6.45, 7) is 0.0959. The summed E-state index contributed by atoms with van der Waals surface area (Å²) in [7, 11) is 0. The van der Waals surface area contributed by atoms with Gasteiger partial charge in [0.2, 0.25) is 0 Å². The zero-order valence-corrected chi connectivity index (χ0v) is 14.9. The molecule has 7 heteroatoms. The highest BCUT2D eigenvalue weighted by Gasteiger charge is 2.21. The highest BCUT2D eigenvalue weighted by atomic mass is 79.9. The van der Waals surface area contributed by atoms with E-state index in [9.17, 15) is 9.59 Å². The summed E-state index contributed by atoms with van der Waals surface area (Å²) in [5.74, 6) is -1.06. The number of rotatable bonds is 6. The Balaban J connectivity index is 2.06. The molecule has 0 aliphatic rings. The fraction of sp³-hybridized carbons (Fsp3) is 0.176. The number of alkyl carbamates (subject to hydrolysis) is 1. The first-order valence-corrected chi connectivity index (χ1v) is 8.27. The van der Waals surface area contributed by atoms with E-state index < -0.39 is 18.1 Å². The number of carboxylic acids is 1. The summed E-state index contributed by atoms with van der Waals surface area (Å²) in [6, 6.07) is 13.4. The van der Waals surface area contributed by atoms with Gasteiger partial charge in [0.05, 0.1) is 12.5 Å². The SMILES string of the molecule is O=C(O)C[C@H](NC(=O)OCc1ccccc1)c1cc(Br)ccc1Cl. The molecule has 0 aliphatic heterocycles. The number of carbonyl (C=O) groups is 2. The van der Waals surface area contributed by atoms with Crippen LogP contribution < -0.4 is 5.32 Å². The second-order valence-electron chi connectivity index (χ2n) is 5.02. The van der Waals surface area contributed by atoms with Crippen molar-refractivity contribution in [2.45, 2.75) is 19.1 Å². The predicted octanol–water partition coefficient (Wildman–Crippen LogP) is 4.54. The van der Waals surface area contributed by atoms with Crippen LogP contribution in [0.15, 0.2) is 53.0 Å². The summed E-state index contributed by atoms with van der Waals surface area (Å²) in [5.41, 5.74) is 1.34. The molecule has 0 radical (unpaired) electrons. The number of nitrogens with one attached hydrogen (secondary N) is 1. The average molecular weight is 413 g/mol. The second-order valence-corrected chi connectivity index (χ2v) is 6.35. The topological polar surface area (TPSA) is 75.6 Å². The molecule has 0 aliphatic carbocycles. The van der Waals surface area contributed by atoms with Crippen molar-refractivity contribution in [1.29, 1.82) is 0 Å². The highest BCUT2D eigenvalue weighted by Crippen LogP contribution is 2.28. The first-order chi connectivity index (χ1) is 11.5. The van der Waals surface area contributed by atoms with Crippen LogP contribution in [0.25, 0.3) is 0 Å². The quantitative estimate of drug-likeness (QED) is 0.730. The minimum atomic E-state index is -1.06. The fourth-order valence-corrected chi connectivity index (χ4v) is 2.73. The van der Waals surface area contributed by atoms with Crippen LogP contribution in [0.1, 0.15) is 23.6 Å². The Morgan fingerprint density at radius 3 is 2.58 bits per heavy atom. The number of aliphatic carboxylic acids is 1. The third-order valence-electron chi connectivity index (χ3n) is 3.22. The van der Waals surface area contributed by atoms with Crippen molar-refractivity contribution in [2.24, 2.45) is 0 Å². The minimum absolute atomic E-state index is 0.0959. The maximum absolute atomic E-state index is 12.0. The van der Waals surface area contributed by atoms with Crippen LogP contribution in [0.5, 0.6) is 0 Å². The Morgan fingerprint density at radius 2 is 1.92 bits per heavy atom. The zero-order valence-electron chi connectivity index (χ0n) is 12.5. The van der Waals surface area contributed by atoms with Gasteiger partial charge in [-0.2, -0.15) is 0 Å². The van der Waals surface area contributed by atoms with E-state index in [0.717, 1.165) is 10.0 Å². The summed E-state index contributed by atoms with van der Waals surface area (Å²) in [4.78, 5) is 23.1. The maximum atomic E-state index is 12.0. The molecule has 0 saturated carbocycles. The monoisotopic (exact) mass is 411 g/mol. The first kappa shape index (κ1) is 18.3. The van der Waals surface area contributed by atoms with Crippen LogP contribution >= 0.6 is 27.5 Å². The third-order valence-corrected chi connectivity index (χ3v) is 4.05. The van der Waals surface area contributed by atoms with Gasteiger partial charge in [0.15, 0.2) is 0 Å². The molecule has 0 saturated heterocycles. The Morgan fingerprint density at radius 1 is 1.21 bits per heavy atom. The molecule has 2 N–H and O–H groups in total. The van der Waals surface area contributed by atoms with Crippen molar-refractivity contribution in [3.05, 3.63) is 69.2 Å². The Labute approximate surface area is 152 Å². The average Bonchev–Trinajstić information content (AvgIpc) is 2.55. The molecule has 0 spiro atoms. The molecule has 1 atom stereocenters. The molecule has 0 unspecified atom stereocenters. The number of hydrogen-bond acceptors (Lipinski definition) is 3. The van der Waals surface area contributed by atoms with E-state index >= 15 is 0 Å². The number of hydrogen-bond donors (Lipinski definition) is 2. The molecule has 0 bridgehead atoms. The van der Waals surface area contributed by atoms with Gasteiger partial charge in [-0.15, -0.1) is 0 Å². The van der Waals surface area contributed by atoms with Gasteiger partial charge in [-0.25, -0.2) is 4.79 Å². The summed E-state index contributed by atoms with van der Waals surface area (Å²) >= 11 is 9.43. The van der Waals surface area contributed by atoms with Crippen LogP contribution in [0.3, 0.4) is 0 Å². The van der Waals surface area contributed by atoms with Gasteiger partial charge in [-0.3, -0.25) is 4.79 Å². The van der Waals surface area contributed by atoms with Crippen molar-refractivity contribution in [3.63, 3.8) is 0 Å². The van der Waals surface area contributed by atoms with Crippen LogP contribution in [-0.4, -0.2) is 17.2 Å². The predicted molar refractivity (Wildman–Crippen MR) is 93.9 cm³/mol. The van der Waals surface area contributed by atoms with Gasteiger partial charge < -0.3 is 15.2 Å². The first-order valence-electron chi connectivity index (χ1n) is 7.09. The lowest BCUT2D eigenvalue weighted by molar-refractivity contribution is -0.137. The van der Waals surface area contributed by atoms with Crippen molar-refractivity contribution in [3.8, 4) is 0 Å². The molecule has 0 heterocycles. The molecule has 2 aromatic carbocycles. The van der Waals surface area contributed by atoms with Crippen LogP contribution in [0.4, 0.5) is 4.79 Å². The number of benzene rings is 2. The molecule has 2 aromatic rings. The van der Waals surface area contributed by atoms with Gasteiger partial charge in [0.1, 0.15) is 6.61 Å². The van der Waals surface area contributed by atoms with Gasteiger partial charge in [-0.1, -0.05) is 57.9 Å². The molecular weight excluding hydrogens is 398 g/mol. The Kier molecular flexibility index (Phi) is 6.63. The summed E-state index contributed by atoms with van der Waals surface area (Å²) in [6.07, 6.45) is -1.02.